The van der Waals surface area contributed by atoms with Crippen LogP contribution < -0.4 is 10.1 Å². The van der Waals surface area contributed by atoms with Gasteiger partial charge in [0.15, 0.2) is 0 Å². The Labute approximate surface area is 115 Å². The van der Waals surface area contributed by atoms with Gasteiger partial charge in [0.05, 0.1) is 7.11 Å². The molecule has 5 heteroatoms. The molecule has 0 aliphatic carbocycles. The Morgan fingerprint density at radius 2 is 2.00 bits per heavy atom. The van der Waals surface area contributed by atoms with Crippen molar-refractivity contribution in [2.24, 2.45) is 0 Å². The fraction of sp³-hybridized carbons (Fsp3) is 0.0714. The molecule has 0 fully saturated rings. The van der Waals surface area contributed by atoms with Crippen molar-refractivity contribution < 1.29 is 13.9 Å². The van der Waals surface area contributed by atoms with Gasteiger partial charge >= 0.3 is 0 Å². The van der Waals surface area contributed by atoms with Crippen LogP contribution in [0.5, 0.6) is 5.75 Å². The summed E-state index contributed by atoms with van der Waals surface area (Å²) in [5.74, 6) is -1.05. The fourth-order valence-electron chi connectivity index (χ4n) is 1.65. The molecule has 0 atom stereocenters. The molecule has 0 unspecified atom stereocenters. The van der Waals surface area contributed by atoms with E-state index in [4.69, 9.17) is 16.3 Å². The fourth-order valence-corrected chi connectivity index (χ4v) is 1.84. The van der Waals surface area contributed by atoms with Gasteiger partial charge < -0.3 is 10.1 Å². The number of nitrogens with one attached hydrogen (secondary N) is 1. The minimum atomic E-state index is -0.640. The van der Waals surface area contributed by atoms with Gasteiger partial charge in [0.1, 0.15) is 17.1 Å². The number of carbonyl (C=O) groups excluding carboxylic acids is 1. The molecular formula is C14H11ClFNO2. The lowest BCUT2D eigenvalue weighted by Crippen LogP contribution is -2.15. The Hall–Kier alpha value is -2.07. The quantitative estimate of drug-likeness (QED) is 0.929. The molecule has 98 valence electrons. The van der Waals surface area contributed by atoms with Crippen molar-refractivity contribution in [2.75, 3.05) is 12.4 Å². The summed E-state index contributed by atoms with van der Waals surface area (Å²) in [7, 11) is 1.38. The van der Waals surface area contributed by atoms with Gasteiger partial charge in [-0.05, 0) is 30.3 Å². The van der Waals surface area contributed by atoms with Gasteiger partial charge in [-0.1, -0.05) is 23.7 Å². The molecule has 0 aromatic heterocycles. The third kappa shape index (κ3) is 3.03. The lowest BCUT2D eigenvalue weighted by Gasteiger charge is -2.10. The number of hydrogen-bond acceptors (Lipinski definition) is 2. The molecule has 0 spiro atoms. The van der Waals surface area contributed by atoms with Crippen LogP contribution in [-0.4, -0.2) is 13.0 Å². The molecule has 0 saturated heterocycles. The van der Waals surface area contributed by atoms with Gasteiger partial charge in [0.25, 0.3) is 5.91 Å². The van der Waals surface area contributed by atoms with E-state index in [0.29, 0.717) is 10.7 Å². The molecule has 0 aliphatic rings. The predicted octanol–water partition coefficient (Wildman–Crippen LogP) is 3.74. The zero-order valence-corrected chi connectivity index (χ0v) is 10.9. The number of anilines is 1. The summed E-state index contributed by atoms with van der Waals surface area (Å²) in [5, 5.41) is 3.06. The largest absolute Gasteiger partial charge is 0.496 e. The number of methoxy groups -OCH3 is 1. The first-order valence-electron chi connectivity index (χ1n) is 5.51. The van der Waals surface area contributed by atoms with E-state index in [0.717, 1.165) is 0 Å². The van der Waals surface area contributed by atoms with Crippen LogP contribution in [0, 0.1) is 5.82 Å². The lowest BCUT2D eigenvalue weighted by molar-refractivity contribution is 0.102. The average Bonchev–Trinajstić information content (AvgIpc) is 2.38. The summed E-state index contributed by atoms with van der Waals surface area (Å²) < 4.78 is 18.7. The van der Waals surface area contributed by atoms with Crippen LogP contribution in [0.3, 0.4) is 0 Å². The van der Waals surface area contributed by atoms with Gasteiger partial charge in [0, 0.05) is 10.7 Å². The minimum absolute atomic E-state index is 0.134. The zero-order valence-electron chi connectivity index (χ0n) is 10.1. The molecule has 0 bridgehead atoms. The number of amides is 1. The second kappa shape index (κ2) is 5.71. The van der Waals surface area contributed by atoms with Crippen molar-refractivity contribution in [1.82, 2.24) is 0 Å². The van der Waals surface area contributed by atoms with Gasteiger partial charge in [-0.2, -0.15) is 0 Å². The van der Waals surface area contributed by atoms with Gasteiger partial charge in [-0.25, -0.2) is 4.39 Å². The van der Waals surface area contributed by atoms with Crippen molar-refractivity contribution in [2.45, 2.75) is 0 Å². The average molecular weight is 280 g/mol. The minimum Gasteiger partial charge on any atom is -0.496 e. The van der Waals surface area contributed by atoms with Gasteiger partial charge in [0.2, 0.25) is 0 Å². The summed E-state index contributed by atoms with van der Waals surface area (Å²) in [5.41, 5.74) is 0.354. The van der Waals surface area contributed by atoms with Crippen LogP contribution in [0.4, 0.5) is 10.1 Å². The summed E-state index contributed by atoms with van der Waals surface area (Å²) in [4.78, 5) is 12.1. The maximum absolute atomic E-state index is 13.7. The van der Waals surface area contributed by atoms with Crippen molar-refractivity contribution in [3.8, 4) is 5.75 Å². The van der Waals surface area contributed by atoms with E-state index < -0.39 is 11.7 Å². The van der Waals surface area contributed by atoms with Gasteiger partial charge in [-0.3, -0.25) is 4.79 Å². The lowest BCUT2D eigenvalue weighted by atomic mass is 10.1. The first-order valence-corrected chi connectivity index (χ1v) is 5.89. The van der Waals surface area contributed by atoms with E-state index >= 15 is 0 Å². The van der Waals surface area contributed by atoms with E-state index in [9.17, 15) is 9.18 Å². The second-order valence-electron chi connectivity index (χ2n) is 3.78. The van der Waals surface area contributed by atoms with E-state index in [1.807, 2.05) is 0 Å². The molecule has 0 saturated carbocycles. The maximum atomic E-state index is 13.7. The number of hydrogen-bond donors (Lipinski definition) is 1. The normalized spacial score (nSPS) is 10.1. The first kappa shape index (κ1) is 13.4. The third-order valence-corrected chi connectivity index (χ3v) is 2.74. The van der Waals surface area contributed by atoms with E-state index in [2.05, 4.69) is 5.32 Å². The summed E-state index contributed by atoms with van der Waals surface area (Å²) in [6.07, 6.45) is 0. The number of rotatable bonds is 3. The Morgan fingerprint density at radius 3 is 2.68 bits per heavy atom. The number of carbonyl (C=O) groups is 1. The number of ether oxygens (including phenoxy) is 1. The molecule has 19 heavy (non-hydrogen) atoms. The zero-order chi connectivity index (χ0) is 13.8. The van der Waals surface area contributed by atoms with E-state index in [1.165, 1.54) is 25.3 Å². The highest BCUT2D eigenvalue weighted by Crippen LogP contribution is 2.23. The molecule has 2 aromatic rings. The van der Waals surface area contributed by atoms with Crippen LogP contribution in [-0.2, 0) is 0 Å². The van der Waals surface area contributed by atoms with Crippen molar-refractivity contribution in [1.29, 1.82) is 0 Å². The molecule has 1 amide bonds. The van der Waals surface area contributed by atoms with Crippen LogP contribution >= 0.6 is 11.6 Å². The molecule has 0 radical (unpaired) electrons. The highest BCUT2D eigenvalue weighted by atomic mass is 35.5. The summed E-state index contributed by atoms with van der Waals surface area (Å²) in [6.45, 7) is 0. The SMILES string of the molecule is COc1cccc(F)c1C(=O)Nc1cccc(Cl)c1. The first-order chi connectivity index (χ1) is 9.11. The highest BCUT2D eigenvalue weighted by molar-refractivity contribution is 6.31. The molecule has 2 aromatic carbocycles. The van der Waals surface area contributed by atoms with E-state index in [-0.39, 0.29) is 11.3 Å². The van der Waals surface area contributed by atoms with Crippen LogP contribution in [0.15, 0.2) is 42.5 Å². The smallest absolute Gasteiger partial charge is 0.262 e. The third-order valence-electron chi connectivity index (χ3n) is 2.50. The Morgan fingerprint density at radius 1 is 1.26 bits per heavy atom. The monoisotopic (exact) mass is 279 g/mol. The van der Waals surface area contributed by atoms with Crippen LogP contribution in [0.25, 0.3) is 0 Å². The predicted molar refractivity (Wildman–Crippen MR) is 72.4 cm³/mol. The topological polar surface area (TPSA) is 38.3 Å². The van der Waals surface area contributed by atoms with Crippen molar-refractivity contribution in [3.05, 3.63) is 58.9 Å². The molecular weight excluding hydrogens is 269 g/mol. The van der Waals surface area contributed by atoms with Gasteiger partial charge in [-0.15, -0.1) is 0 Å². The standard InChI is InChI=1S/C14H11ClFNO2/c1-19-12-7-3-6-11(16)13(12)14(18)17-10-5-2-4-9(15)8-10/h2-8H,1H3,(H,17,18). The molecule has 0 heterocycles. The van der Waals surface area contributed by atoms with Crippen LogP contribution in [0.1, 0.15) is 10.4 Å². The molecule has 3 nitrogen and oxygen atoms in total. The van der Waals surface area contributed by atoms with Crippen LogP contribution in [0.2, 0.25) is 5.02 Å². The molecule has 0 aliphatic heterocycles. The van der Waals surface area contributed by atoms with E-state index in [1.54, 1.807) is 24.3 Å². The Kier molecular flexibility index (Phi) is 4.02. The van der Waals surface area contributed by atoms with Crippen molar-refractivity contribution >= 4 is 23.2 Å². The van der Waals surface area contributed by atoms with Crippen molar-refractivity contribution in [3.63, 3.8) is 0 Å². The maximum Gasteiger partial charge on any atom is 0.262 e. The Bertz CT molecular complexity index is 616. The summed E-state index contributed by atoms with van der Waals surface area (Å²) >= 11 is 5.81. The molecule has 2 rings (SSSR count). The molecule has 1 N–H and O–H groups in total. The second-order valence-corrected chi connectivity index (χ2v) is 4.22. The number of benzene rings is 2. The highest BCUT2D eigenvalue weighted by Gasteiger charge is 2.17. The summed E-state index contributed by atoms with van der Waals surface area (Å²) in [6, 6.07) is 10.8. The Balaban J connectivity index is 2.30. The number of halogens is 2.